The van der Waals surface area contributed by atoms with Crippen LogP contribution in [0, 0.1) is 0 Å². The van der Waals surface area contributed by atoms with Crippen LogP contribution in [0.1, 0.15) is 31.3 Å². The first-order valence-electron chi connectivity index (χ1n) is 6.77. The molecule has 22 heavy (non-hydrogen) atoms. The van der Waals surface area contributed by atoms with Crippen LogP contribution in [0.3, 0.4) is 0 Å². The highest BCUT2D eigenvalue weighted by atomic mass is 16.5. The Labute approximate surface area is 127 Å². The summed E-state index contributed by atoms with van der Waals surface area (Å²) in [5.74, 6) is -1.51. The summed E-state index contributed by atoms with van der Waals surface area (Å²) in [4.78, 5) is 35.4. The van der Waals surface area contributed by atoms with E-state index in [1.165, 1.54) is 0 Å². The third-order valence-corrected chi connectivity index (χ3v) is 2.68. The van der Waals surface area contributed by atoms with Crippen molar-refractivity contribution in [2.24, 2.45) is 0 Å². The first-order valence-corrected chi connectivity index (χ1v) is 6.77. The summed E-state index contributed by atoms with van der Waals surface area (Å²) in [7, 11) is 0. The van der Waals surface area contributed by atoms with Crippen molar-refractivity contribution in [1.82, 2.24) is 5.32 Å². The number of esters is 1. The zero-order valence-electron chi connectivity index (χ0n) is 12.6. The van der Waals surface area contributed by atoms with Crippen molar-refractivity contribution in [2.75, 3.05) is 6.61 Å². The van der Waals surface area contributed by atoms with E-state index in [0.717, 1.165) is 6.07 Å². The quantitative estimate of drug-likeness (QED) is 0.875. The molecule has 1 N–H and O–H groups in total. The molecule has 1 aromatic carbocycles. The Kier molecular flexibility index (Phi) is 4.30. The summed E-state index contributed by atoms with van der Waals surface area (Å²) in [5, 5.41) is 3.04. The number of benzene rings is 1. The lowest BCUT2D eigenvalue weighted by molar-refractivity contribution is -0.125. The number of hydrogen-bond donors (Lipinski definition) is 1. The topological polar surface area (TPSA) is 85.6 Å². The minimum absolute atomic E-state index is 0.229. The van der Waals surface area contributed by atoms with Gasteiger partial charge in [0, 0.05) is 11.6 Å². The maximum Gasteiger partial charge on any atom is 0.374 e. The van der Waals surface area contributed by atoms with Crippen LogP contribution >= 0.6 is 0 Å². The zero-order valence-corrected chi connectivity index (χ0v) is 12.6. The number of carbonyl (C=O) groups excluding carboxylic acids is 2. The van der Waals surface area contributed by atoms with E-state index < -0.39 is 24.0 Å². The molecule has 0 radical (unpaired) electrons. The van der Waals surface area contributed by atoms with Gasteiger partial charge < -0.3 is 14.5 Å². The lowest BCUT2D eigenvalue weighted by Gasteiger charge is -2.20. The fourth-order valence-electron chi connectivity index (χ4n) is 1.86. The van der Waals surface area contributed by atoms with Crippen LogP contribution in [0.4, 0.5) is 0 Å². The minimum Gasteiger partial charge on any atom is -0.450 e. The molecule has 0 saturated carbocycles. The molecule has 6 nitrogen and oxygen atoms in total. The van der Waals surface area contributed by atoms with E-state index in [4.69, 9.17) is 9.15 Å². The third-order valence-electron chi connectivity index (χ3n) is 2.68. The second-order valence-corrected chi connectivity index (χ2v) is 5.85. The SMILES string of the molecule is CC(C)(C)NC(=O)COC(=O)c1cc(=O)c2ccccc2o1. The molecule has 0 saturated heterocycles. The van der Waals surface area contributed by atoms with Crippen LogP contribution < -0.4 is 10.7 Å². The molecule has 0 unspecified atom stereocenters. The van der Waals surface area contributed by atoms with E-state index in [0.29, 0.717) is 11.0 Å². The van der Waals surface area contributed by atoms with Gasteiger partial charge in [0.25, 0.3) is 5.91 Å². The molecular weight excluding hydrogens is 286 g/mol. The number of amides is 1. The van der Waals surface area contributed by atoms with Crippen molar-refractivity contribution in [3.8, 4) is 0 Å². The Bertz CT molecular complexity index is 770. The predicted molar refractivity (Wildman–Crippen MR) is 80.7 cm³/mol. The van der Waals surface area contributed by atoms with Crippen LogP contribution in [0.25, 0.3) is 11.0 Å². The van der Waals surface area contributed by atoms with Gasteiger partial charge in [0.05, 0.1) is 5.39 Å². The van der Waals surface area contributed by atoms with E-state index in [1.807, 2.05) is 20.8 Å². The van der Waals surface area contributed by atoms with Gasteiger partial charge in [-0.1, -0.05) is 12.1 Å². The lowest BCUT2D eigenvalue weighted by Crippen LogP contribution is -2.42. The van der Waals surface area contributed by atoms with Gasteiger partial charge in [-0.15, -0.1) is 0 Å². The summed E-state index contributed by atoms with van der Waals surface area (Å²) in [5.41, 5.74) is -0.465. The summed E-state index contributed by atoms with van der Waals surface area (Å²) in [6.45, 7) is 5.01. The molecule has 6 heteroatoms. The number of rotatable bonds is 3. The molecule has 0 bridgehead atoms. The van der Waals surface area contributed by atoms with E-state index in [2.05, 4.69) is 5.32 Å². The Morgan fingerprint density at radius 3 is 2.59 bits per heavy atom. The Hall–Kier alpha value is -2.63. The number of carbonyl (C=O) groups is 2. The summed E-state index contributed by atoms with van der Waals surface area (Å²) in [6, 6.07) is 7.64. The van der Waals surface area contributed by atoms with Crippen LogP contribution in [-0.4, -0.2) is 24.0 Å². The van der Waals surface area contributed by atoms with Gasteiger partial charge in [-0.25, -0.2) is 4.79 Å². The Balaban J connectivity index is 2.10. The molecular formula is C16H17NO5. The monoisotopic (exact) mass is 303 g/mol. The molecule has 0 aliphatic heterocycles. The first-order chi connectivity index (χ1) is 10.3. The number of hydrogen-bond acceptors (Lipinski definition) is 5. The molecule has 0 fully saturated rings. The van der Waals surface area contributed by atoms with Crippen molar-refractivity contribution in [1.29, 1.82) is 0 Å². The van der Waals surface area contributed by atoms with Gasteiger partial charge in [0.2, 0.25) is 5.76 Å². The maximum absolute atomic E-state index is 11.9. The van der Waals surface area contributed by atoms with Gasteiger partial charge in [0.1, 0.15) is 5.58 Å². The van der Waals surface area contributed by atoms with Crippen LogP contribution in [0.15, 0.2) is 39.5 Å². The van der Waals surface area contributed by atoms with Gasteiger partial charge in [0.15, 0.2) is 12.0 Å². The van der Waals surface area contributed by atoms with E-state index >= 15 is 0 Å². The smallest absolute Gasteiger partial charge is 0.374 e. The Morgan fingerprint density at radius 1 is 1.23 bits per heavy atom. The van der Waals surface area contributed by atoms with Crippen molar-refractivity contribution < 1.29 is 18.7 Å². The van der Waals surface area contributed by atoms with E-state index in [1.54, 1.807) is 24.3 Å². The van der Waals surface area contributed by atoms with Crippen LogP contribution in [0.5, 0.6) is 0 Å². The summed E-state index contributed by atoms with van der Waals surface area (Å²) < 4.78 is 10.2. The number of nitrogens with one attached hydrogen (secondary N) is 1. The zero-order chi connectivity index (χ0) is 16.3. The first kappa shape index (κ1) is 15.8. The second-order valence-electron chi connectivity index (χ2n) is 5.85. The van der Waals surface area contributed by atoms with Crippen molar-refractivity contribution in [3.05, 3.63) is 46.3 Å². The highest BCUT2D eigenvalue weighted by Crippen LogP contribution is 2.12. The number of fused-ring (bicyclic) bond motifs is 1. The average molecular weight is 303 g/mol. The molecule has 0 aliphatic carbocycles. The number of para-hydroxylation sites is 1. The van der Waals surface area contributed by atoms with Crippen LogP contribution in [-0.2, 0) is 9.53 Å². The van der Waals surface area contributed by atoms with Gasteiger partial charge in [-0.05, 0) is 32.9 Å². The molecule has 0 spiro atoms. The molecule has 1 amide bonds. The molecule has 116 valence electrons. The lowest BCUT2D eigenvalue weighted by atomic mass is 10.1. The molecule has 1 heterocycles. The Morgan fingerprint density at radius 2 is 1.91 bits per heavy atom. The highest BCUT2D eigenvalue weighted by molar-refractivity contribution is 5.90. The van der Waals surface area contributed by atoms with Crippen LogP contribution in [0.2, 0.25) is 0 Å². The molecule has 2 rings (SSSR count). The molecule has 2 aromatic rings. The molecule has 1 aromatic heterocycles. The van der Waals surface area contributed by atoms with Gasteiger partial charge >= 0.3 is 5.97 Å². The maximum atomic E-state index is 11.9. The third kappa shape index (κ3) is 3.94. The summed E-state index contributed by atoms with van der Waals surface area (Å²) >= 11 is 0. The predicted octanol–water partition coefficient (Wildman–Crippen LogP) is 1.86. The minimum atomic E-state index is -0.855. The van der Waals surface area contributed by atoms with Crippen molar-refractivity contribution in [2.45, 2.75) is 26.3 Å². The van der Waals surface area contributed by atoms with Gasteiger partial charge in [-0.3, -0.25) is 9.59 Å². The standard InChI is InChI=1S/C16H17NO5/c1-16(2,3)17-14(19)9-21-15(20)13-8-11(18)10-6-4-5-7-12(10)22-13/h4-8H,9H2,1-3H3,(H,17,19). The molecule has 0 atom stereocenters. The average Bonchev–Trinajstić information content (AvgIpc) is 2.43. The number of ether oxygens (including phenoxy) is 1. The highest BCUT2D eigenvalue weighted by Gasteiger charge is 2.18. The van der Waals surface area contributed by atoms with Gasteiger partial charge in [-0.2, -0.15) is 0 Å². The summed E-state index contributed by atoms with van der Waals surface area (Å²) in [6.07, 6.45) is 0. The normalized spacial score (nSPS) is 11.2. The van der Waals surface area contributed by atoms with E-state index in [-0.39, 0.29) is 11.2 Å². The second kappa shape index (κ2) is 6.01. The van der Waals surface area contributed by atoms with Crippen molar-refractivity contribution in [3.63, 3.8) is 0 Å². The largest absolute Gasteiger partial charge is 0.450 e. The molecule has 0 aliphatic rings. The van der Waals surface area contributed by atoms with E-state index in [9.17, 15) is 14.4 Å². The fraction of sp³-hybridized carbons (Fsp3) is 0.312. The van der Waals surface area contributed by atoms with Crippen molar-refractivity contribution >= 4 is 22.8 Å². The fourth-order valence-corrected chi connectivity index (χ4v) is 1.86.